The molecule has 0 bridgehead atoms. The predicted octanol–water partition coefficient (Wildman–Crippen LogP) is 4.71. The van der Waals surface area contributed by atoms with Crippen LogP contribution in [0.5, 0.6) is 0 Å². The summed E-state index contributed by atoms with van der Waals surface area (Å²) in [5.74, 6) is -1.43. The zero-order valence-electron chi connectivity index (χ0n) is 18.0. The van der Waals surface area contributed by atoms with Gasteiger partial charge in [0.15, 0.2) is 0 Å². The topological polar surface area (TPSA) is 103 Å². The number of carbonyl (C=O) groups excluding carboxylic acids is 1. The molecule has 1 fully saturated rings. The lowest BCUT2D eigenvalue weighted by atomic mass is 9.90. The van der Waals surface area contributed by atoms with Gasteiger partial charge in [-0.15, -0.1) is 0 Å². The van der Waals surface area contributed by atoms with Crippen molar-refractivity contribution in [2.75, 3.05) is 17.6 Å². The van der Waals surface area contributed by atoms with Crippen LogP contribution in [-0.4, -0.2) is 35.9 Å². The van der Waals surface area contributed by atoms with Gasteiger partial charge in [-0.05, 0) is 42.2 Å². The van der Waals surface area contributed by atoms with E-state index in [2.05, 4.69) is 16.4 Å². The third-order valence-corrected chi connectivity index (χ3v) is 9.00. The summed E-state index contributed by atoms with van der Waals surface area (Å²) in [5.41, 5.74) is 1.01. The molecule has 1 amide bonds. The van der Waals surface area contributed by atoms with Crippen molar-refractivity contribution in [1.82, 2.24) is 9.29 Å². The zero-order chi connectivity index (χ0) is 24.1. The summed E-state index contributed by atoms with van der Waals surface area (Å²) < 4.78 is 27.7. The molecule has 3 aromatic rings. The van der Waals surface area contributed by atoms with Gasteiger partial charge in [0.05, 0.1) is 40.1 Å². The van der Waals surface area contributed by atoms with Crippen LogP contribution in [0.4, 0.5) is 5.69 Å². The molecule has 2 aromatic carbocycles. The van der Waals surface area contributed by atoms with Crippen LogP contribution in [0.3, 0.4) is 0 Å². The molecule has 2 aliphatic rings. The molecule has 10 heteroatoms. The molecule has 1 aliphatic heterocycles. The molecule has 1 saturated carbocycles. The van der Waals surface area contributed by atoms with Crippen molar-refractivity contribution in [2.24, 2.45) is 5.41 Å². The SMILES string of the molecule is N#CC1(CS(=O)(=O)N2Cc3ccc(Cl)cc3C(C(=O)Nc3cncc4cccc(Cl)c34)C2)CC1. The van der Waals surface area contributed by atoms with Gasteiger partial charge in [0.25, 0.3) is 0 Å². The molecule has 2 heterocycles. The third kappa shape index (κ3) is 4.25. The van der Waals surface area contributed by atoms with Gasteiger partial charge < -0.3 is 5.32 Å². The number of aromatic nitrogens is 1. The molecule has 1 aromatic heterocycles. The molecular formula is C24H20Cl2N4O3S. The Kier molecular flexibility index (Phi) is 5.77. The highest BCUT2D eigenvalue weighted by molar-refractivity contribution is 7.89. The van der Waals surface area contributed by atoms with Gasteiger partial charge in [-0.3, -0.25) is 9.78 Å². The summed E-state index contributed by atoms with van der Waals surface area (Å²) in [6.45, 7) is 0.0801. The average molecular weight is 515 g/mol. The summed E-state index contributed by atoms with van der Waals surface area (Å²) in [6.07, 6.45) is 4.32. The number of benzene rings is 2. The van der Waals surface area contributed by atoms with Crippen LogP contribution in [0, 0.1) is 16.7 Å². The number of nitriles is 1. The van der Waals surface area contributed by atoms with Crippen molar-refractivity contribution in [1.29, 1.82) is 5.26 Å². The number of halogens is 2. The summed E-state index contributed by atoms with van der Waals surface area (Å²) in [4.78, 5) is 17.7. The maximum atomic E-state index is 13.5. The predicted molar refractivity (Wildman–Crippen MR) is 131 cm³/mol. The monoisotopic (exact) mass is 514 g/mol. The zero-order valence-corrected chi connectivity index (χ0v) is 20.3. The van der Waals surface area contributed by atoms with Crippen LogP contribution < -0.4 is 5.32 Å². The van der Waals surface area contributed by atoms with Crippen LogP contribution >= 0.6 is 23.2 Å². The lowest BCUT2D eigenvalue weighted by Crippen LogP contribution is -2.44. The van der Waals surface area contributed by atoms with Crippen molar-refractivity contribution in [3.63, 3.8) is 0 Å². The highest BCUT2D eigenvalue weighted by atomic mass is 35.5. The maximum Gasteiger partial charge on any atom is 0.233 e. The van der Waals surface area contributed by atoms with E-state index in [9.17, 15) is 18.5 Å². The number of nitrogens with zero attached hydrogens (tertiary/aromatic N) is 3. The van der Waals surface area contributed by atoms with Gasteiger partial charge in [-0.1, -0.05) is 41.4 Å². The second kappa shape index (κ2) is 8.51. The minimum Gasteiger partial charge on any atom is -0.324 e. The molecule has 1 unspecified atom stereocenters. The quantitative estimate of drug-likeness (QED) is 0.530. The fourth-order valence-corrected chi connectivity index (χ4v) is 6.82. The first kappa shape index (κ1) is 23.1. The molecule has 0 saturated heterocycles. The maximum absolute atomic E-state index is 13.5. The summed E-state index contributed by atoms with van der Waals surface area (Å²) in [6, 6.07) is 12.6. The Labute approximate surface area is 207 Å². The number of sulfonamides is 1. The lowest BCUT2D eigenvalue weighted by molar-refractivity contribution is -0.118. The second-order valence-electron chi connectivity index (χ2n) is 8.85. The Balaban J connectivity index is 1.49. The normalized spacial score (nSPS) is 19.3. The number of amides is 1. The van der Waals surface area contributed by atoms with Crippen molar-refractivity contribution < 1.29 is 13.2 Å². The second-order valence-corrected chi connectivity index (χ2v) is 11.7. The molecule has 0 spiro atoms. The van der Waals surface area contributed by atoms with E-state index in [1.54, 1.807) is 36.5 Å². The number of rotatable bonds is 5. The van der Waals surface area contributed by atoms with Crippen molar-refractivity contribution in [2.45, 2.75) is 25.3 Å². The molecule has 0 radical (unpaired) electrons. The summed E-state index contributed by atoms with van der Waals surface area (Å²) in [5, 5.41) is 14.6. The summed E-state index contributed by atoms with van der Waals surface area (Å²) >= 11 is 12.6. The fourth-order valence-electron chi connectivity index (χ4n) is 4.41. The molecule has 1 aliphatic carbocycles. The van der Waals surface area contributed by atoms with E-state index in [4.69, 9.17) is 23.2 Å². The van der Waals surface area contributed by atoms with E-state index in [0.29, 0.717) is 45.1 Å². The Hall–Kier alpha value is -2.70. The van der Waals surface area contributed by atoms with Crippen molar-refractivity contribution >= 4 is 55.6 Å². The van der Waals surface area contributed by atoms with E-state index >= 15 is 0 Å². The van der Waals surface area contributed by atoms with Gasteiger partial charge in [0, 0.05) is 35.1 Å². The van der Waals surface area contributed by atoms with Gasteiger partial charge in [0.2, 0.25) is 15.9 Å². The van der Waals surface area contributed by atoms with Gasteiger partial charge in [-0.25, -0.2) is 8.42 Å². The van der Waals surface area contributed by atoms with E-state index in [1.165, 1.54) is 10.5 Å². The Morgan fingerprint density at radius 1 is 1.24 bits per heavy atom. The van der Waals surface area contributed by atoms with Crippen LogP contribution in [-0.2, 0) is 21.4 Å². The van der Waals surface area contributed by atoms with E-state index in [0.717, 1.165) is 5.39 Å². The smallest absolute Gasteiger partial charge is 0.233 e. The first-order valence-corrected chi connectivity index (χ1v) is 13.1. The number of hydrogen-bond donors (Lipinski definition) is 1. The van der Waals surface area contributed by atoms with Gasteiger partial charge in [-0.2, -0.15) is 9.57 Å². The van der Waals surface area contributed by atoms with E-state index in [1.807, 2.05) is 6.07 Å². The van der Waals surface area contributed by atoms with Crippen LogP contribution in [0.15, 0.2) is 48.8 Å². The molecule has 5 rings (SSSR count). The highest BCUT2D eigenvalue weighted by Crippen LogP contribution is 2.47. The lowest BCUT2D eigenvalue weighted by Gasteiger charge is -2.34. The van der Waals surface area contributed by atoms with E-state index in [-0.39, 0.29) is 24.7 Å². The minimum absolute atomic E-state index is 0.0467. The number of pyridine rings is 1. The molecule has 34 heavy (non-hydrogen) atoms. The number of hydrogen-bond acceptors (Lipinski definition) is 5. The first-order valence-electron chi connectivity index (χ1n) is 10.7. The molecule has 174 valence electrons. The third-order valence-electron chi connectivity index (χ3n) is 6.47. The summed E-state index contributed by atoms with van der Waals surface area (Å²) in [7, 11) is -3.76. The highest BCUT2D eigenvalue weighted by Gasteiger charge is 2.49. The van der Waals surface area contributed by atoms with Crippen LogP contribution in [0.2, 0.25) is 10.0 Å². The van der Waals surface area contributed by atoms with Crippen LogP contribution in [0.25, 0.3) is 10.8 Å². The number of nitrogens with one attached hydrogen (secondary N) is 1. The molecule has 1 N–H and O–H groups in total. The molecule has 7 nitrogen and oxygen atoms in total. The first-order chi connectivity index (χ1) is 16.2. The minimum atomic E-state index is -3.76. The number of anilines is 1. The Bertz CT molecular complexity index is 1460. The van der Waals surface area contributed by atoms with Crippen molar-refractivity contribution in [3.05, 3.63) is 70.0 Å². The largest absolute Gasteiger partial charge is 0.324 e. The number of fused-ring (bicyclic) bond motifs is 2. The van der Waals surface area contributed by atoms with Gasteiger partial charge in [0.1, 0.15) is 0 Å². The molecular weight excluding hydrogens is 495 g/mol. The fraction of sp³-hybridized carbons (Fsp3) is 0.292. The number of carbonyl (C=O) groups is 1. The Morgan fingerprint density at radius 3 is 2.76 bits per heavy atom. The van der Waals surface area contributed by atoms with Gasteiger partial charge >= 0.3 is 0 Å². The van der Waals surface area contributed by atoms with Crippen molar-refractivity contribution in [3.8, 4) is 6.07 Å². The van der Waals surface area contributed by atoms with Crippen LogP contribution in [0.1, 0.15) is 29.9 Å². The molecule has 1 atom stereocenters. The van der Waals surface area contributed by atoms with E-state index < -0.39 is 21.4 Å². The standard InChI is InChI=1S/C24H20Cl2N4O3S/c25-17-5-4-16-11-30(34(32,33)14-24(13-27)6-7-24)12-19(18(16)8-17)23(31)29-21-10-28-9-15-2-1-3-20(26)22(15)21/h1-5,8-10,19H,6-7,11-12,14H2,(H,29,31). The Morgan fingerprint density at radius 2 is 2.03 bits per heavy atom. The average Bonchev–Trinajstić information content (AvgIpc) is 3.57.